The number of rotatable bonds is 5. The van der Waals surface area contributed by atoms with Gasteiger partial charge in [0.1, 0.15) is 12.4 Å². The molecule has 3 aromatic rings. The fourth-order valence-electron chi connectivity index (χ4n) is 3.25. The molecule has 3 aromatic heterocycles. The molecule has 0 amide bonds. The number of aromatic amines is 1. The third kappa shape index (κ3) is 2.90. The largest absolute Gasteiger partial charge is 0.366 e. The lowest BCUT2D eigenvalue weighted by Gasteiger charge is -2.13. The summed E-state index contributed by atoms with van der Waals surface area (Å²) < 4.78 is 7.83. The molecule has 0 spiro atoms. The van der Waals surface area contributed by atoms with E-state index in [1.807, 2.05) is 24.9 Å². The molecule has 126 valence electrons. The Bertz CT molecular complexity index is 826. The van der Waals surface area contributed by atoms with Gasteiger partial charge >= 0.3 is 0 Å². The molecule has 0 aromatic carbocycles. The van der Waals surface area contributed by atoms with Crippen LogP contribution in [0.1, 0.15) is 36.0 Å². The van der Waals surface area contributed by atoms with E-state index in [4.69, 9.17) is 4.74 Å². The Balaban J connectivity index is 1.32. The molecule has 1 aliphatic heterocycles. The lowest BCUT2D eigenvalue weighted by molar-refractivity contribution is 0.0401. The van der Waals surface area contributed by atoms with Crippen LogP contribution in [0, 0.1) is 6.92 Å². The zero-order valence-corrected chi connectivity index (χ0v) is 13.9. The number of pyridine rings is 1. The van der Waals surface area contributed by atoms with Crippen LogP contribution in [0.15, 0.2) is 18.6 Å². The SMILES string of the molecule is Cc1nn(C)c2ncc(CNC[C@H]3CC[C@@H](c4ncn[nH]4)O3)cc12. The fraction of sp³-hybridized carbons (Fsp3) is 0.500. The second-order valence-electron chi connectivity index (χ2n) is 6.25. The number of hydrogen-bond donors (Lipinski definition) is 2. The molecule has 0 saturated carbocycles. The van der Waals surface area contributed by atoms with Gasteiger partial charge in [0, 0.05) is 31.7 Å². The molecule has 24 heavy (non-hydrogen) atoms. The first-order chi connectivity index (χ1) is 11.7. The maximum Gasteiger partial charge on any atom is 0.157 e. The van der Waals surface area contributed by atoms with Gasteiger partial charge in [-0.25, -0.2) is 9.97 Å². The van der Waals surface area contributed by atoms with Crippen molar-refractivity contribution in [3.8, 4) is 0 Å². The van der Waals surface area contributed by atoms with E-state index in [0.29, 0.717) is 0 Å². The summed E-state index contributed by atoms with van der Waals surface area (Å²) in [6.45, 7) is 3.59. The zero-order chi connectivity index (χ0) is 16.5. The van der Waals surface area contributed by atoms with Crippen molar-refractivity contribution < 1.29 is 4.74 Å². The summed E-state index contributed by atoms with van der Waals surface area (Å²) in [4.78, 5) is 8.68. The number of H-pyrrole nitrogens is 1. The standard InChI is InChI=1S/C16H21N7O/c1-10-13-5-11(7-18-16(13)23(2)22-10)6-17-8-12-3-4-14(24-12)15-19-9-20-21-15/h5,7,9,12,14,17H,3-4,6,8H2,1-2H3,(H,19,20,21)/t12-,14+/m1/s1. The van der Waals surface area contributed by atoms with Gasteiger partial charge in [0.2, 0.25) is 0 Å². The summed E-state index contributed by atoms with van der Waals surface area (Å²) in [6.07, 6.45) is 5.67. The minimum absolute atomic E-state index is 0.0374. The Kier molecular flexibility index (Phi) is 3.99. The maximum absolute atomic E-state index is 6.01. The average Bonchev–Trinajstić information content (AvgIpc) is 3.29. The quantitative estimate of drug-likeness (QED) is 0.736. The fourth-order valence-corrected chi connectivity index (χ4v) is 3.25. The zero-order valence-electron chi connectivity index (χ0n) is 13.9. The van der Waals surface area contributed by atoms with Gasteiger partial charge in [0.05, 0.1) is 11.8 Å². The van der Waals surface area contributed by atoms with Gasteiger partial charge in [-0.15, -0.1) is 0 Å². The van der Waals surface area contributed by atoms with E-state index in [9.17, 15) is 0 Å². The Morgan fingerprint density at radius 1 is 1.38 bits per heavy atom. The average molecular weight is 327 g/mol. The van der Waals surface area contributed by atoms with E-state index in [1.54, 1.807) is 0 Å². The summed E-state index contributed by atoms with van der Waals surface area (Å²) in [6, 6.07) is 2.16. The van der Waals surface area contributed by atoms with Crippen molar-refractivity contribution in [2.45, 2.75) is 38.5 Å². The summed E-state index contributed by atoms with van der Waals surface area (Å²) in [5.41, 5.74) is 3.09. The molecule has 4 rings (SSSR count). The second kappa shape index (κ2) is 6.29. The van der Waals surface area contributed by atoms with Crippen LogP contribution in [-0.2, 0) is 18.3 Å². The number of hydrogen-bond acceptors (Lipinski definition) is 6. The minimum Gasteiger partial charge on any atom is -0.366 e. The highest BCUT2D eigenvalue weighted by molar-refractivity contribution is 5.78. The van der Waals surface area contributed by atoms with Crippen LogP contribution in [-0.4, -0.2) is 42.6 Å². The third-order valence-corrected chi connectivity index (χ3v) is 4.47. The molecule has 0 radical (unpaired) electrons. The predicted molar refractivity (Wildman–Crippen MR) is 88.2 cm³/mol. The molecule has 1 saturated heterocycles. The molecule has 0 aliphatic carbocycles. The van der Waals surface area contributed by atoms with E-state index in [-0.39, 0.29) is 12.2 Å². The molecular formula is C16H21N7O. The number of fused-ring (bicyclic) bond motifs is 1. The van der Waals surface area contributed by atoms with Crippen LogP contribution in [0.5, 0.6) is 0 Å². The lowest BCUT2D eigenvalue weighted by Crippen LogP contribution is -2.26. The maximum atomic E-state index is 6.01. The van der Waals surface area contributed by atoms with E-state index in [2.05, 4.69) is 36.6 Å². The molecule has 8 nitrogen and oxygen atoms in total. The van der Waals surface area contributed by atoms with E-state index < -0.39 is 0 Å². The van der Waals surface area contributed by atoms with Crippen molar-refractivity contribution in [1.82, 2.24) is 35.3 Å². The summed E-state index contributed by atoms with van der Waals surface area (Å²) >= 11 is 0. The van der Waals surface area contributed by atoms with Crippen molar-refractivity contribution in [3.63, 3.8) is 0 Å². The van der Waals surface area contributed by atoms with Crippen LogP contribution < -0.4 is 5.32 Å². The van der Waals surface area contributed by atoms with Gasteiger partial charge in [-0.2, -0.15) is 10.2 Å². The van der Waals surface area contributed by atoms with Gasteiger partial charge in [0.25, 0.3) is 0 Å². The van der Waals surface area contributed by atoms with Gasteiger partial charge in [-0.1, -0.05) is 0 Å². The molecule has 2 N–H and O–H groups in total. The van der Waals surface area contributed by atoms with Crippen molar-refractivity contribution in [1.29, 1.82) is 0 Å². The smallest absolute Gasteiger partial charge is 0.157 e. The molecule has 4 heterocycles. The highest BCUT2D eigenvalue weighted by Crippen LogP contribution is 2.30. The number of aromatic nitrogens is 6. The van der Waals surface area contributed by atoms with Gasteiger partial charge in [-0.3, -0.25) is 9.78 Å². The summed E-state index contributed by atoms with van der Waals surface area (Å²) in [5, 5.41) is 15.7. The van der Waals surface area contributed by atoms with E-state index >= 15 is 0 Å². The Morgan fingerprint density at radius 3 is 3.12 bits per heavy atom. The van der Waals surface area contributed by atoms with Crippen molar-refractivity contribution in [2.75, 3.05) is 6.54 Å². The Morgan fingerprint density at radius 2 is 2.29 bits per heavy atom. The van der Waals surface area contributed by atoms with Crippen molar-refractivity contribution >= 4 is 11.0 Å². The van der Waals surface area contributed by atoms with E-state index in [1.165, 1.54) is 6.33 Å². The first-order valence-electron chi connectivity index (χ1n) is 8.20. The number of nitrogens with one attached hydrogen (secondary N) is 2. The molecule has 8 heteroatoms. The number of nitrogens with zero attached hydrogens (tertiary/aromatic N) is 5. The van der Waals surface area contributed by atoms with Crippen molar-refractivity contribution in [2.24, 2.45) is 7.05 Å². The van der Waals surface area contributed by atoms with Crippen LogP contribution in [0.4, 0.5) is 0 Å². The first-order valence-corrected chi connectivity index (χ1v) is 8.20. The molecule has 1 aliphatic rings. The molecule has 0 bridgehead atoms. The Hall–Kier alpha value is -2.32. The number of aryl methyl sites for hydroxylation is 2. The summed E-state index contributed by atoms with van der Waals surface area (Å²) in [7, 11) is 1.92. The summed E-state index contributed by atoms with van der Waals surface area (Å²) in [5.74, 6) is 0.819. The highest BCUT2D eigenvalue weighted by atomic mass is 16.5. The third-order valence-electron chi connectivity index (χ3n) is 4.47. The van der Waals surface area contributed by atoms with Crippen molar-refractivity contribution in [3.05, 3.63) is 35.7 Å². The van der Waals surface area contributed by atoms with Gasteiger partial charge in [0.15, 0.2) is 11.5 Å². The van der Waals surface area contributed by atoms with Crippen LogP contribution >= 0.6 is 0 Å². The minimum atomic E-state index is 0.0374. The van der Waals surface area contributed by atoms with Gasteiger partial charge < -0.3 is 10.1 Å². The molecule has 1 fully saturated rings. The molecular weight excluding hydrogens is 306 g/mol. The lowest BCUT2D eigenvalue weighted by atomic mass is 10.2. The second-order valence-corrected chi connectivity index (χ2v) is 6.25. The molecule has 2 atom stereocenters. The van der Waals surface area contributed by atoms with Crippen LogP contribution in [0.2, 0.25) is 0 Å². The normalized spacial score (nSPS) is 20.9. The topological polar surface area (TPSA) is 93.5 Å². The number of ether oxygens (including phenoxy) is 1. The first kappa shape index (κ1) is 15.2. The van der Waals surface area contributed by atoms with Crippen LogP contribution in [0.3, 0.4) is 0 Å². The van der Waals surface area contributed by atoms with Crippen LogP contribution in [0.25, 0.3) is 11.0 Å². The monoisotopic (exact) mass is 327 g/mol. The Labute approximate surface area is 139 Å². The predicted octanol–water partition coefficient (Wildman–Crippen LogP) is 1.40. The van der Waals surface area contributed by atoms with Gasteiger partial charge in [-0.05, 0) is 31.4 Å². The van der Waals surface area contributed by atoms with E-state index in [0.717, 1.165) is 54.0 Å². The molecule has 0 unspecified atom stereocenters. The highest BCUT2D eigenvalue weighted by Gasteiger charge is 2.27.